The molecule has 1 heterocycles. The summed E-state index contributed by atoms with van der Waals surface area (Å²) in [6, 6.07) is 10.8. The van der Waals surface area contributed by atoms with Gasteiger partial charge in [0, 0.05) is 37.4 Å². The van der Waals surface area contributed by atoms with Crippen molar-refractivity contribution in [3.05, 3.63) is 65.0 Å². The van der Waals surface area contributed by atoms with Crippen LogP contribution in [0.1, 0.15) is 46.5 Å². The van der Waals surface area contributed by atoms with Crippen molar-refractivity contribution in [2.45, 2.75) is 27.2 Å². The number of carbonyl (C=O) groups excluding carboxylic acids is 3. The molecule has 0 atom stereocenters. The Morgan fingerprint density at radius 3 is 2.45 bits per heavy atom. The van der Waals surface area contributed by atoms with Crippen molar-refractivity contribution in [3.63, 3.8) is 0 Å². The SMILES string of the molecule is Cc1ccc(C(=O)N2CCCN(C(=O)OCC(C)C)CC2)cc1NC(=O)c1ccccc1F. The molecule has 2 aromatic carbocycles. The van der Waals surface area contributed by atoms with Crippen molar-refractivity contribution in [2.24, 2.45) is 5.92 Å². The van der Waals surface area contributed by atoms with E-state index in [9.17, 15) is 18.8 Å². The molecule has 7 nitrogen and oxygen atoms in total. The van der Waals surface area contributed by atoms with E-state index in [-0.39, 0.29) is 23.5 Å². The first kappa shape index (κ1) is 24.2. The van der Waals surface area contributed by atoms with Crippen molar-refractivity contribution >= 4 is 23.6 Å². The average molecular weight is 456 g/mol. The highest BCUT2D eigenvalue weighted by Crippen LogP contribution is 2.20. The fraction of sp³-hybridized carbons (Fsp3) is 0.400. The van der Waals surface area contributed by atoms with Gasteiger partial charge >= 0.3 is 6.09 Å². The topological polar surface area (TPSA) is 79.0 Å². The monoisotopic (exact) mass is 455 g/mol. The van der Waals surface area contributed by atoms with Crippen LogP contribution >= 0.6 is 0 Å². The van der Waals surface area contributed by atoms with E-state index in [1.54, 1.807) is 41.0 Å². The highest BCUT2D eigenvalue weighted by atomic mass is 19.1. The van der Waals surface area contributed by atoms with Crippen LogP contribution in [0.15, 0.2) is 42.5 Å². The number of nitrogens with zero attached hydrogens (tertiary/aromatic N) is 2. The van der Waals surface area contributed by atoms with Crippen LogP contribution in [-0.4, -0.2) is 60.5 Å². The van der Waals surface area contributed by atoms with Gasteiger partial charge in [0.05, 0.1) is 12.2 Å². The zero-order valence-electron chi connectivity index (χ0n) is 19.3. The Hall–Kier alpha value is -3.42. The van der Waals surface area contributed by atoms with E-state index >= 15 is 0 Å². The standard InChI is InChI=1S/C25H30FN3O4/c1-17(2)16-33-25(32)29-12-6-11-28(13-14-29)24(31)19-10-9-18(3)22(15-19)27-23(30)20-7-4-5-8-21(20)26/h4-5,7-10,15,17H,6,11-14,16H2,1-3H3,(H,27,30). The van der Waals surface area contributed by atoms with Crippen molar-refractivity contribution in [1.82, 2.24) is 9.80 Å². The van der Waals surface area contributed by atoms with Crippen LogP contribution in [0.3, 0.4) is 0 Å². The maximum absolute atomic E-state index is 13.9. The van der Waals surface area contributed by atoms with Crippen molar-refractivity contribution in [1.29, 1.82) is 0 Å². The first-order valence-corrected chi connectivity index (χ1v) is 11.1. The number of anilines is 1. The summed E-state index contributed by atoms with van der Waals surface area (Å²) in [7, 11) is 0. The van der Waals surface area contributed by atoms with Gasteiger partial charge in [0.2, 0.25) is 0 Å². The lowest BCUT2D eigenvalue weighted by molar-refractivity contribution is 0.0746. The van der Waals surface area contributed by atoms with Gasteiger partial charge in [-0.15, -0.1) is 0 Å². The molecule has 0 aromatic heterocycles. The quantitative estimate of drug-likeness (QED) is 0.728. The lowest BCUT2D eigenvalue weighted by Gasteiger charge is -2.22. The van der Waals surface area contributed by atoms with E-state index in [1.807, 2.05) is 13.8 Å². The predicted octanol–water partition coefficient (Wildman–Crippen LogP) is 4.33. The normalized spacial score (nSPS) is 14.1. The largest absolute Gasteiger partial charge is 0.449 e. The van der Waals surface area contributed by atoms with Gasteiger partial charge in [0.15, 0.2) is 0 Å². The van der Waals surface area contributed by atoms with Crippen LogP contribution in [0.4, 0.5) is 14.9 Å². The maximum Gasteiger partial charge on any atom is 0.409 e. The molecule has 0 radical (unpaired) electrons. The molecule has 33 heavy (non-hydrogen) atoms. The number of carbonyl (C=O) groups is 3. The molecule has 176 valence electrons. The number of rotatable bonds is 5. The second kappa shape index (κ2) is 10.9. The number of benzene rings is 2. The molecule has 3 amide bonds. The van der Waals surface area contributed by atoms with Crippen LogP contribution < -0.4 is 5.32 Å². The molecule has 8 heteroatoms. The summed E-state index contributed by atoms with van der Waals surface area (Å²) in [6.45, 7) is 7.94. The van der Waals surface area contributed by atoms with Crippen LogP contribution in [-0.2, 0) is 4.74 Å². The Morgan fingerprint density at radius 1 is 1.03 bits per heavy atom. The summed E-state index contributed by atoms with van der Waals surface area (Å²) < 4.78 is 19.3. The number of ether oxygens (including phenoxy) is 1. The third kappa shape index (κ3) is 6.31. The molecule has 0 saturated carbocycles. The zero-order chi connectivity index (χ0) is 24.0. The minimum Gasteiger partial charge on any atom is -0.449 e. The number of aryl methyl sites for hydroxylation is 1. The Balaban J connectivity index is 1.67. The lowest BCUT2D eigenvalue weighted by atomic mass is 10.1. The molecule has 0 aliphatic carbocycles. The predicted molar refractivity (Wildman–Crippen MR) is 124 cm³/mol. The lowest BCUT2D eigenvalue weighted by Crippen LogP contribution is -2.38. The molecule has 1 aliphatic rings. The van der Waals surface area contributed by atoms with E-state index in [4.69, 9.17) is 4.74 Å². The van der Waals surface area contributed by atoms with Crippen molar-refractivity contribution < 1.29 is 23.5 Å². The molecule has 0 bridgehead atoms. The smallest absolute Gasteiger partial charge is 0.409 e. The van der Waals surface area contributed by atoms with Crippen LogP contribution in [0.2, 0.25) is 0 Å². The molecule has 1 aliphatic heterocycles. The Kier molecular flexibility index (Phi) is 8.03. The summed E-state index contributed by atoms with van der Waals surface area (Å²) in [6.07, 6.45) is 0.289. The van der Waals surface area contributed by atoms with E-state index in [1.165, 1.54) is 18.2 Å². The van der Waals surface area contributed by atoms with E-state index in [0.29, 0.717) is 50.5 Å². The van der Waals surface area contributed by atoms with Gasteiger partial charge in [-0.25, -0.2) is 9.18 Å². The Bertz CT molecular complexity index is 1020. The van der Waals surface area contributed by atoms with Crippen molar-refractivity contribution in [3.8, 4) is 0 Å². The minimum atomic E-state index is -0.610. The van der Waals surface area contributed by atoms with Gasteiger partial charge in [-0.3, -0.25) is 9.59 Å². The summed E-state index contributed by atoms with van der Waals surface area (Å²) in [5, 5.41) is 2.70. The molecular formula is C25H30FN3O4. The fourth-order valence-corrected chi connectivity index (χ4v) is 3.54. The number of hydrogen-bond donors (Lipinski definition) is 1. The number of amides is 3. The van der Waals surface area contributed by atoms with Gasteiger partial charge in [0.1, 0.15) is 5.82 Å². The molecule has 0 spiro atoms. The first-order chi connectivity index (χ1) is 15.8. The van der Waals surface area contributed by atoms with Crippen LogP contribution in [0.25, 0.3) is 0 Å². The molecule has 3 rings (SSSR count). The van der Waals surface area contributed by atoms with E-state index in [0.717, 1.165) is 5.56 Å². The third-order valence-electron chi connectivity index (χ3n) is 5.43. The number of hydrogen-bond acceptors (Lipinski definition) is 4. The highest BCUT2D eigenvalue weighted by molar-refractivity contribution is 6.05. The number of halogens is 1. The second-order valence-electron chi connectivity index (χ2n) is 8.57. The number of nitrogens with one attached hydrogen (secondary N) is 1. The summed E-state index contributed by atoms with van der Waals surface area (Å²) in [5.74, 6) is -1.12. The van der Waals surface area contributed by atoms with Gasteiger partial charge in [0.25, 0.3) is 11.8 Å². The van der Waals surface area contributed by atoms with Gasteiger partial charge in [-0.2, -0.15) is 0 Å². The van der Waals surface area contributed by atoms with Crippen molar-refractivity contribution in [2.75, 3.05) is 38.1 Å². The maximum atomic E-state index is 13.9. The third-order valence-corrected chi connectivity index (χ3v) is 5.43. The van der Waals surface area contributed by atoms with E-state index < -0.39 is 11.7 Å². The van der Waals surface area contributed by atoms with Gasteiger partial charge in [-0.05, 0) is 49.1 Å². The molecule has 1 fully saturated rings. The molecule has 2 aromatic rings. The Morgan fingerprint density at radius 2 is 1.73 bits per heavy atom. The van der Waals surface area contributed by atoms with E-state index in [2.05, 4.69) is 5.32 Å². The Labute approximate surface area is 193 Å². The minimum absolute atomic E-state index is 0.0643. The first-order valence-electron chi connectivity index (χ1n) is 11.1. The summed E-state index contributed by atoms with van der Waals surface area (Å²) >= 11 is 0. The molecular weight excluding hydrogens is 425 g/mol. The highest BCUT2D eigenvalue weighted by Gasteiger charge is 2.24. The van der Waals surface area contributed by atoms with Gasteiger partial charge in [-0.1, -0.05) is 32.0 Å². The summed E-state index contributed by atoms with van der Waals surface area (Å²) in [5.41, 5.74) is 1.56. The molecule has 1 saturated heterocycles. The zero-order valence-corrected chi connectivity index (χ0v) is 19.3. The average Bonchev–Trinajstić information content (AvgIpc) is 3.05. The van der Waals surface area contributed by atoms with Crippen LogP contribution in [0, 0.1) is 18.7 Å². The molecule has 0 unspecified atom stereocenters. The van der Waals surface area contributed by atoms with Crippen LogP contribution in [0.5, 0.6) is 0 Å². The summed E-state index contributed by atoms with van der Waals surface area (Å²) in [4.78, 5) is 41.2. The fourth-order valence-electron chi connectivity index (χ4n) is 3.54. The second-order valence-corrected chi connectivity index (χ2v) is 8.57. The van der Waals surface area contributed by atoms with Gasteiger partial charge < -0.3 is 19.9 Å². The molecule has 1 N–H and O–H groups in total.